The average molecular weight is 262 g/mol. The topological polar surface area (TPSA) is 58.8 Å². The first-order valence-corrected chi connectivity index (χ1v) is 4.25. The second-order valence-corrected chi connectivity index (χ2v) is 3.07. The number of fused-ring (bicyclic) bond motifs is 1. The van der Waals surface area contributed by atoms with Gasteiger partial charge in [-0.15, -0.1) is 12.4 Å². The molecule has 0 amide bonds. The summed E-state index contributed by atoms with van der Waals surface area (Å²) in [5.74, 6) is -4.78. The highest BCUT2D eigenvalue weighted by Gasteiger charge is 2.22. The van der Waals surface area contributed by atoms with Crippen LogP contribution in [0, 0.1) is 11.6 Å². The fourth-order valence-corrected chi connectivity index (χ4v) is 1.42. The molecule has 17 heavy (non-hydrogen) atoms. The minimum Gasteiger partial charge on any atom is -0.477 e. The third kappa shape index (κ3) is 1.87. The Balaban J connectivity index is 0.00000144. The summed E-state index contributed by atoms with van der Waals surface area (Å²) in [6.07, 6.45) is 1.17. The molecule has 0 aromatic carbocycles. The van der Waals surface area contributed by atoms with Gasteiger partial charge in [0.05, 0.1) is 5.52 Å². The van der Waals surface area contributed by atoms with E-state index in [-0.39, 0.29) is 17.9 Å². The van der Waals surface area contributed by atoms with Crippen molar-refractivity contribution in [2.45, 2.75) is 0 Å². The van der Waals surface area contributed by atoms with Gasteiger partial charge in [-0.25, -0.2) is 13.6 Å². The highest BCUT2D eigenvalue weighted by Crippen LogP contribution is 2.13. The normalized spacial score (nSPS) is 10.0. The van der Waals surface area contributed by atoms with E-state index in [1.165, 1.54) is 24.4 Å². The maximum absolute atomic E-state index is 13.4. The first-order chi connectivity index (χ1) is 7.54. The predicted molar refractivity (Wildman–Crippen MR) is 57.8 cm³/mol. The molecule has 2 aromatic rings. The molecule has 2 rings (SSSR count). The third-order valence-corrected chi connectivity index (χ3v) is 2.14. The van der Waals surface area contributed by atoms with Crippen molar-refractivity contribution in [3.63, 3.8) is 0 Å². The van der Waals surface area contributed by atoms with Gasteiger partial charge in [0.1, 0.15) is 0 Å². The summed E-state index contributed by atoms with van der Waals surface area (Å²) < 4.78 is 27.4. The van der Waals surface area contributed by atoms with E-state index in [4.69, 9.17) is 5.11 Å². The summed E-state index contributed by atoms with van der Waals surface area (Å²) in [5, 5.41) is 8.61. The Bertz CT molecular complexity index is 654. The van der Waals surface area contributed by atoms with Gasteiger partial charge < -0.3 is 5.11 Å². The molecular formula is C10H6ClF2NO3. The second kappa shape index (κ2) is 4.50. The number of nitrogens with zero attached hydrogens (tertiary/aromatic N) is 1. The largest absolute Gasteiger partial charge is 0.477 e. The molecule has 2 aromatic heterocycles. The van der Waals surface area contributed by atoms with Crippen molar-refractivity contribution in [3.8, 4) is 0 Å². The molecule has 0 bridgehead atoms. The molecular weight excluding hydrogens is 256 g/mol. The van der Waals surface area contributed by atoms with Crippen LogP contribution < -0.4 is 5.56 Å². The first kappa shape index (κ1) is 13.1. The summed E-state index contributed by atoms with van der Waals surface area (Å²) in [5.41, 5.74) is -2.58. The summed E-state index contributed by atoms with van der Waals surface area (Å²) >= 11 is 0. The number of carbonyl (C=O) groups is 1. The number of carboxylic acid groups (broad SMARTS) is 1. The number of hydrogen-bond acceptors (Lipinski definition) is 2. The summed E-state index contributed by atoms with van der Waals surface area (Å²) in [6.45, 7) is 0. The zero-order chi connectivity index (χ0) is 11.9. The quantitative estimate of drug-likeness (QED) is 0.850. The predicted octanol–water partition coefficient (Wildman–Crippen LogP) is 1.70. The summed E-state index contributed by atoms with van der Waals surface area (Å²) in [7, 11) is 0. The van der Waals surface area contributed by atoms with Gasteiger partial charge in [0.25, 0.3) is 5.56 Å². The molecule has 0 saturated carbocycles. The van der Waals surface area contributed by atoms with Gasteiger partial charge >= 0.3 is 5.97 Å². The summed E-state index contributed by atoms with van der Waals surface area (Å²) in [6, 6.07) is 4.01. The molecule has 0 spiro atoms. The lowest BCUT2D eigenvalue weighted by Gasteiger charge is -2.04. The van der Waals surface area contributed by atoms with Crippen molar-refractivity contribution in [1.82, 2.24) is 4.40 Å². The number of hydrogen-bond donors (Lipinski definition) is 1. The van der Waals surface area contributed by atoms with Crippen molar-refractivity contribution in [2.75, 3.05) is 0 Å². The van der Waals surface area contributed by atoms with Crippen LogP contribution in [0.5, 0.6) is 0 Å². The fraction of sp³-hybridized carbons (Fsp3) is 0. The standard InChI is InChI=1S/C10H5F2NO3.ClH/c11-7-5-3-1-2-4-13(5)9(14)6(8(7)12)10(15)16;/h1-4H,(H,15,16);1H. The van der Waals surface area contributed by atoms with Crippen molar-refractivity contribution < 1.29 is 18.7 Å². The van der Waals surface area contributed by atoms with Gasteiger partial charge in [-0.1, -0.05) is 6.07 Å². The lowest BCUT2D eigenvalue weighted by Crippen LogP contribution is -2.25. The molecule has 1 N–H and O–H groups in total. The maximum Gasteiger partial charge on any atom is 0.344 e. The Morgan fingerprint density at radius 3 is 2.47 bits per heavy atom. The molecule has 0 atom stereocenters. The van der Waals surface area contributed by atoms with Crippen molar-refractivity contribution in [2.24, 2.45) is 0 Å². The van der Waals surface area contributed by atoms with Crippen LogP contribution in [0.1, 0.15) is 10.4 Å². The van der Waals surface area contributed by atoms with Gasteiger partial charge in [-0.3, -0.25) is 9.20 Å². The number of carboxylic acids is 1. The van der Waals surface area contributed by atoms with E-state index < -0.39 is 28.7 Å². The molecule has 0 unspecified atom stereocenters. The summed E-state index contributed by atoms with van der Waals surface area (Å²) in [4.78, 5) is 22.1. The first-order valence-electron chi connectivity index (χ1n) is 4.25. The molecule has 7 heteroatoms. The van der Waals surface area contributed by atoms with Crippen LogP contribution in [0.4, 0.5) is 8.78 Å². The Morgan fingerprint density at radius 2 is 1.88 bits per heavy atom. The SMILES string of the molecule is Cl.O=C(O)c1c(F)c(F)c2ccccn2c1=O. The van der Waals surface area contributed by atoms with Crippen molar-refractivity contribution in [3.05, 3.63) is 51.9 Å². The van der Waals surface area contributed by atoms with E-state index in [2.05, 4.69) is 0 Å². The molecule has 0 saturated heterocycles. The number of aromatic carboxylic acids is 1. The van der Waals surface area contributed by atoms with E-state index in [9.17, 15) is 18.4 Å². The Hall–Kier alpha value is -1.95. The molecule has 0 fully saturated rings. The second-order valence-electron chi connectivity index (χ2n) is 3.07. The zero-order valence-electron chi connectivity index (χ0n) is 8.18. The number of pyridine rings is 2. The van der Waals surface area contributed by atoms with Crippen LogP contribution in [0.3, 0.4) is 0 Å². The lowest BCUT2D eigenvalue weighted by molar-refractivity contribution is 0.0688. The highest BCUT2D eigenvalue weighted by atomic mass is 35.5. The van der Waals surface area contributed by atoms with Gasteiger partial charge in [0.15, 0.2) is 17.2 Å². The van der Waals surface area contributed by atoms with Crippen molar-refractivity contribution >= 4 is 23.9 Å². The third-order valence-electron chi connectivity index (χ3n) is 2.14. The average Bonchev–Trinajstić information content (AvgIpc) is 2.26. The Kier molecular flexibility index (Phi) is 3.47. The van der Waals surface area contributed by atoms with Crippen LogP contribution in [0.2, 0.25) is 0 Å². The van der Waals surface area contributed by atoms with Crippen LogP contribution in [0.25, 0.3) is 5.52 Å². The molecule has 0 aliphatic heterocycles. The van der Waals surface area contributed by atoms with Crippen molar-refractivity contribution in [1.29, 1.82) is 0 Å². The lowest BCUT2D eigenvalue weighted by atomic mass is 10.2. The molecule has 0 aliphatic carbocycles. The number of aromatic nitrogens is 1. The Morgan fingerprint density at radius 1 is 1.24 bits per heavy atom. The van der Waals surface area contributed by atoms with E-state index in [1.807, 2.05) is 0 Å². The smallest absolute Gasteiger partial charge is 0.344 e. The molecule has 0 radical (unpaired) electrons. The van der Waals surface area contributed by atoms with E-state index in [0.717, 1.165) is 4.40 Å². The fourth-order valence-electron chi connectivity index (χ4n) is 1.42. The molecule has 2 heterocycles. The molecule has 4 nitrogen and oxygen atoms in total. The highest BCUT2D eigenvalue weighted by molar-refractivity contribution is 5.88. The molecule has 90 valence electrons. The van der Waals surface area contributed by atoms with E-state index >= 15 is 0 Å². The van der Waals surface area contributed by atoms with E-state index in [1.54, 1.807) is 0 Å². The monoisotopic (exact) mass is 261 g/mol. The van der Waals surface area contributed by atoms with Crippen LogP contribution in [-0.2, 0) is 0 Å². The minimum absolute atomic E-state index is 0. The van der Waals surface area contributed by atoms with Gasteiger partial charge in [-0.2, -0.15) is 0 Å². The van der Waals surface area contributed by atoms with Gasteiger partial charge in [0, 0.05) is 6.20 Å². The van der Waals surface area contributed by atoms with Crippen LogP contribution >= 0.6 is 12.4 Å². The molecule has 0 aliphatic rings. The Labute approximate surface area is 99.5 Å². The van der Waals surface area contributed by atoms with Gasteiger partial charge in [0.2, 0.25) is 0 Å². The number of halogens is 3. The maximum atomic E-state index is 13.4. The van der Waals surface area contributed by atoms with Crippen LogP contribution in [0.15, 0.2) is 29.2 Å². The van der Waals surface area contributed by atoms with E-state index in [0.29, 0.717) is 0 Å². The zero-order valence-corrected chi connectivity index (χ0v) is 9.00. The van der Waals surface area contributed by atoms with Gasteiger partial charge in [-0.05, 0) is 12.1 Å². The van der Waals surface area contributed by atoms with Crippen LogP contribution in [-0.4, -0.2) is 15.5 Å². The number of rotatable bonds is 1. The minimum atomic E-state index is -1.79.